The molecule has 2 atom stereocenters. The van der Waals surface area contributed by atoms with Crippen LogP contribution in [0, 0.1) is 0 Å². The number of aliphatic hydroxyl groups excluding tert-OH is 1. The lowest BCUT2D eigenvalue weighted by Gasteiger charge is -2.15. The van der Waals surface area contributed by atoms with Crippen LogP contribution in [0.5, 0.6) is 0 Å². The van der Waals surface area contributed by atoms with Gasteiger partial charge in [-0.2, -0.15) is 0 Å². The summed E-state index contributed by atoms with van der Waals surface area (Å²) in [6.07, 6.45) is -2.96. The van der Waals surface area contributed by atoms with Gasteiger partial charge in [0.1, 0.15) is 6.10 Å². The summed E-state index contributed by atoms with van der Waals surface area (Å²) in [5.74, 6) is -3.69. The Hall–Kier alpha value is -1.20. The van der Waals surface area contributed by atoms with E-state index < -0.39 is 30.5 Å². The lowest BCUT2D eigenvalue weighted by molar-refractivity contribution is -0.160. The number of alkyl halides is 2. The Labute approximate surface area is 114 Å². The first kappa shape index (κ1) is 14.2. The van der Waals surface area contributed by atoms with Crippen molar-refractivity contribution in [1.82, 2.24) is 0 Å². The van der Waals surface area contributed by atoms with Gasteiger partial charge in [-0.1, -0.05) is 23.7 Å². The molecule has 0 aromatic heterocycles. The third-order valence-corrected chi connectivity index (χ3v) is 3.30. The van der Waals surface area contributed by atoms with Crippen LogP contribution in [0.15, 0.2) is 24.3 Å². The highest BCUT2D eigenvalue weighted by Gasteiger charge is 2.41. The van der Waals surface area contributed by atoms with Crippen molar-refractivity contribution in [2.45, 2.75) is 37.4 Å². The maximum Gasteiger partial charge on any atom is 0.339 e. The van der Waals surface area contributed by atoms with Crippen molar-refractivity contribution in [3.8, 4) is 0 Å². The number of ether oxygens (including phenoxy) is 1. The van der Waals surface area contributed by atoms with Gasteiger partial charge in [-0.25, -0.2) is 13.6 Å². The first-order valence-corrected chi connectivity index (χ1v) is 6.27. The van der Waals surface area contributed by atoms with E-state index in [0.29, 0.717) is 10.6 Å². The fourth-order valence-electron chi connectivity index (χ4n) is 2.02. The van der Waals surface area contributed by atoms with Crippen LogP contribution in [0.3, 0.4) is 0 Å². The Morgan fingerprint density at radius 2 is 2.05 bits per heavy atom. The molecule has 6 heteroatoms. The molecule has 1 aromatic carbocycles. The molecule has 104 valence electrons. The van der Waals surface area contributed by atoms with E-state index >= 15 is 0 Å². The highest BCUT2D eigenvalue weighted by atomic mass is 35.5. The zero-order chi connectivity index (χ0) is 14.0. The maximum absolute atomic E-state index is 12.9. The van der Waals surface area contributed by atoms with Crippen molar-refractivity contribution in [3.63, 3.8) is 0 Å². The molecule has 0 radical (unpaired) electrons. The summed E-state index contributed by atoms with van der Waals surface area (Å²) in [4.78, 5) is 11.6. The summed E-state index contributed by atoms with van der Waals surface area (Å²) in [5, 5.41) is 10.2. The number of esters is 1. The van der Waals surface area contributed by atoms with Gasteiger partial charge in [0.15, 0.2) is 6.10 Å². The molecular formula is C13H13ClF2O3. The van der Waals surface area contributed by atoms with Crippen molar-refractivity contribution < 1.29 is 23.4 Å². The van der Waals surface area contributed by atoms with Gasteiger partial charge in [0.05, 0.1) is 0 Å². The van der Waals surface area contributed by atoms with E-state index in [0.717, 1.165) is 0 Å². The summed E-state index contributed by atoms with van der Waals surface area (Å²) in [6, 6.07) is 6.02. The molecule has 1 N–H and O–H groups in total. The molecule has 0 aliphatic heterocycles. The number of rotatable bonds is 3. The molecule has 1 aliphatic rings. The van der Waals surface area contributed by atoms with Gasteiger partial charge in [-0.3, -0.25) is 0 Å². The second-order valence-electron chi connectivity index (χ2n) is 4.61. The third kappa shape index (κ3) is 3.64. The van der Waals surface area contributed by atoms with Crippen LogP contribution in [-0.2, 0) is 9.53 Å². The minimum absolute atomic E-state index is 0.117. The Balaban J connectivity index is 1.95. The molecule has 0 bridgehead atoms. The van der Waals surface area contributed by atoms with E-state index in [9.17, 15) is 18.7 Å². The molecule has 0 heterocycles. The zero-order valence-corrected chi connectivity index (χ0v) is 10.7. The highest BCUT2D eigenvalue weighted by molar-refractivity contribution is 6.30. The van der Waals surface area contributed by atoms with Crippen LogP contribution in [-0.4, -0.2) is 23.1 Å². The molecule has 0 spiro atoms. The topological polar surface area (TPSA) is 46.5 Å². The van der Waals surface area contributed by atoms with Crippen molar-refractivity contribution in [3.05, 3.63) is 34.9 Å². The zero-order valence-electron chi connectivity index (χ0n) is 9.98. The molecule has 1 aromatic rings. The monoisotopic (exact) mass is 290 g/mol. The lowest BCUT2D eigenvalue weighted by atomic mass is 10.1. The normalized spacial score (nSPS) is 23.1. The summed E-state index contributed by atoms with van der Waals surface area (Å²) in [5.41, 5.74) is 0.319. The molecule has 0 saturated heterocycles. The minimum atomic E-state index is -2.78. The molecule has 2 unspecified atom stereocenters. The van der Waals surface area contributed by atoms with E-state index in [1.165, 1.54) is 24.3 Å². The number of halogens is 3. The van der Waals surface area contributed by atoms with Crippen LogP contribution >= 0.6 is 11.6 Å². The van der Waals surface area contributed by atoms with Gasteiger partial charge in [-0.15, -0.1) is 0 Å². The molecule has 1 saturated carbocycles. The van der Waals surface area contributed by atoms with Crippen LogP contribution in [0.25, 0.3) is 0 Å². The number of benzene rings is 1. The highest BCUT2D eigenvalue weighted by Crippen LogP contribution is 2.36. The number of carbonyl (C=O) groups excluding carboxylic acids is 1. The largest absolute Gasteiger partial charge is 0.460 e. The summed E-state index contributed by atoms with van der Waals surface area (Å²) in [7, 11) is 0. The molecule has 0 amide bonds. The minimum Gasteiger partial charge on any atom is -0.460 e. The van der Waals surface area contributed by atoms with Crippen molar-refractivity contribution in [2.75, 3.05) is 0 Å². The van der Waals surface area contributed by atoms with E-state index in [4.69, 9.17) is 16.3 Å². The molecule has 1 fully saturated rings. The van der Waals surface area contributed by atoms with Gasteiger partial charge in [0.2, 0.25) is 0 Å². The van der Waals surface area contributed by atoms with E-state index in [2.05, 4.69) is 0 Å². The second-order valence-corrected chi connectivity index (χ2v) is 5.05. The smallest absolute Gasteiger partial charge is 0.339 e. The van der Waals surface area contributed by atoms with Crippen LogP contribution in [0.2, 0.25) is 5.02 Å². The van der Waals surface area contributed by atoms with Gasteiger partial charge in [0, 0.05) is 17.9 Å². The predicted octanol–water partition coefficient (Wildman–Crippen LogP) is 3.10. The molecule has 3 nitrogen and oxygen atoms in total. The van der Waals surface area contributed by atoms with Crippen molar-refractivity contribution in [2.24, 2.45) is 0 Å². The summed E-state index contributed by atoms with van der Waals surface area (Å²) >= 11 is 5.68. The van der Waals surface area contributed by atoms with Gasteiger partial charge >= 0.3 is 5.97 Å². The van der Waals surface area contributed by atoms with E-state index in [1.807, 2.05) is 0 Å². The predicted molar refractivity (Wildman–Crippen MR) is 65.1 cm³/mol. The summed E-state index contributed by atoms with van der Waals surface area (Å²) < 4.78 is 30.8. The SMILES string of the molecule is O=C(OC1CCC(F)(F)C1)C(O)c1ccc(Cl)cc1. The van der Waals surface area contributed by atoms with Crippen LogP contribution < -0.4 is 0 Å². The Bertz CT molecular complexity index is 461. The van der Waals surface area contributed by atoms with Gasteiger partial charge in [0.25, 0.3) is 5.92 Å². The number of aliphatic hydroxyl groups is 1. The fraction of sp³-hybridized carbons (Fsp3) is 0.462. The molecule has 2 rings (SSSR count). The Kier molecular flexibility index (Phi) is 4.06. The van der Waals surface area contributed by atoms with E-state index in [1.54, 1.807) is 0 Å². The Morgan fingerprint density at radius 3 is 2.58 bits per heavy atom. The third-order valence-electron chi connectivity index (χ3n) is 3.05. The van der Waals surface area contributed by atoms with Crippen molar-refractivity contribution in [1.29, 1.82) is 0 Å². The first-order chi connectivity index (χ1) is 8.87. The average Bonchev–Trinajstić information content (AvgIpc) is 2.68. The quantitative estimate of drug-likeness (QED) is 0.870. The number of hydrogen-bond donors (Lipinski definition) is 1. The van der Waals surface area contributed by atoms with Crippen LogP contribution in [0.4, 0.5) is 8.78 Å². The van der Waals surface area contributed by atoms with Crippen LogP contribution in [0.1, 0.15) is 30.9 Å². The second kappa shape index (κ2) is 5.43. The van der Waals surface area contributed by atoms with Gasteiger partial charge < -0.3 is 9.84 Å². The molecule has 19 heavy (non-hydrogen) atoms. The standard InChI is InChI=1S/C13H13ClF2O3/c14-9-3-1-8(2-4-9)11(17)12(18)19-10-5-6-13(15,16)7-10/h1-4,10-11,17H,5-7H2. The summed E-state index contributed by atoms with van der Waals surface area (Å²) in [6.45, 7) is 0. The Morgan fingerprint density at radius 1 is 1.42 bits per heavy atom. The first-order valence-electron chi connectivity index (χ1n) is 5.89. The lowest BCUT2D eigenvalue weighted by Crippen LogP contribution is -2.22. The van der Waals surface area contributed by atoms with E-state index in [-0.39, 0.29) is 12.8 Å². The van der Waals surface area contributed by atoms with Gasteiger partial charge in [-0.05, 0) is 24.1 Å². The average molecular weight is 291 g/mol. The number of carbonyl (C=O) groups is 1. The fourth-order valence-corrected chi connectivity index (χ4v) is 2.15. The molecule has 1 aliphatic carbocycles. The maximum atomic E-state index is 12.9. The molecular weight excluding hydrogens is 278 g/mol. The number of hydrogen-bond acceptors (Lipinski definition) is 3. The van der Waals surface area contributed by atoms with Crippen molar-refractivity contribution >= 4 is 17.6 Å².